The van der Waals surface area contributed by atoms with Crippen LogP contribution in [0.3, 0.4) is 0 Å². The molecule has 0 fully saturated rings. The molecule has 6 nitrogen and oxygen atoms in total. The molecular weight excluding hydrogens is 428 g/mol. The minimum Gasteiger partial charge on any atom is -0.475 e. The molecule has 0 aliphatic heterocycles. The van der Waals surface area contributed by atoms with Crippen molar-refractivity contribution >= 4 is 16.9 Å². The number of carbonyl (C=O) groups is 1. The van der Waals surface area contributed by atoms with Crippen LogP contribution in [-0.2, 0) is 17.9 Å². The van der Waals surface area contributed by atoms with E-state index in [0.29, 0.717) is 5.69 Å². The van der Waals surface area contributed by atoms with Crippen LogP contribution in [0.5, 0.6) is 0 Å². The second-order valence-electron chi connectivity index (χ2n) is 7.08. The fourth-order valence-electron chi connectivity index (χ4n) is 3.16. The topological polar surface area (TPSA) is 74.2 Å². The number of aromatic amines is 1. The highest BCUT2D eigenvalue weighted by Gasteiger charge is 2.38. The molecule has 4 rings (SSSR count). The summed E-state index contributed by atoms with van der Waals surface area (Å²) in [5.41, 5.74) is 3.95. The zero-order valence-corrected chi connectivity index (χ0v) is 17.0. The molecule has 32 heavy (non-hydrogen) atoms. The van der Waals surface area contributed by atoms with Gasteiger partial charge in [-0.05, 0) is 36.9 Å². The second-order valence-corrected chi connectivity index (χ2v) is 7.08. The molecule has 0 unspecified atom stereocenters. The summed E-state index contributed by atoms with van der Waals surface area (Å²) in [6.45, 7) is 1.58. The number of alkyl halides is 3. The van der Waals surface area contributed by atoms with Crippen LogP contribution in [0.25, 0.3) is 16.6 Å². The van der Waals surface area contributed by atoms with Gasteiger partial charge in [-0.15, -0.1) is 0 Å². The van der Waals surface area contributed by atoms with Crippen LogP contribution in [0.15, 0.2) is 67.1 Å². The first kappa shape index (κ1) is 23.0. The third-order valence-corrected chi connectivity index (χ3v) is 4.56. The van der Waals surface area contributed by atoms with E-state index in [1.54, 1.807) is 23.0 Å². The number of halogens is 4. The number of nitrogens with zero attached hydrogens (tertiary/aromatic N) is 3. The van der Waals surface area contributed by atoms with Gasteiger partial charge in [-0.3, -0.25) is 4.90 Å². The minimum atomic E-state index is -5.08. The number of aromatic nitrogens is 3. The number of aliphatic carboxylic acids is 1. The third-order valence-electron chi connectivity index (χ3n) is 4.56. The summed E-state index contributed by atoms with van der Waals surface area (Å²) in [6, 6.07) is 15.1. The number of para-hydroxylation sites is 1. The molecular formula is C22H20F4N4O2. The summed E-state index contributed by atoms with van der Waals surface area (Å²) < 4.78 is 47.2. The number of fused-ring (bicyclic) bond motifs is 1. The van der Waals surface area contributed by atoms with Crippen LogP contribution in [0, 0.1) is 5.82 Å². The first-order valence-electron chi connectivity index (χ1n) is 9.47. The van der Waals surface area contributed by atoms with Crippen molar-refractivity contribution < 1.29 is 27.5 Å². The Morgan fingerprint density at radius 2 is 1.84 bits per heavy atom. The molecule has 0 aliphatic rings. The number of hydrogen-bond acceptors (Lipinski definition) is 3. The fraction of sp³-hybridized carbons (Fsp3) is 0.182. The Kier molecular flexibility index (Phi) is 6.94. The normalized spacial score (nSPS) is 11.4. The molecule has 0 bridgehead atoms. The van der Waals surface area contributed by atoms with Gasteiger partial charge in [-0.2, -0.15) is 18.3 Å². The standard InChI is InChI=1S/C20H19FN4.C2HF3O2/c1-24(14-16-5-4-7-19-17(16)9-10-22-19)12-15-11-23-25(13-15)20-8-3-2-6-18(20)21;3-2(4,5)1(6)7/h2-11,13,22H,12,14H2,1H3;(H,6,7). The maximum atomic E-state index is 13.9. The molecule has 0 radical (unpaired) electrons. The van der Waals surface area contributed by atoms with E-state index in [1.165, 1.54) is 17.0 Å². The van der Waals surface area contributed by atoms with Gasteiger partial charge in [0.25, 0.3) is 0 Å². The zero-order valence-electron chi connectivity index (χ0n) is 17.0. The molecule has 168 valence electrons. The smallest absolute Gasteiger partial charge is 0.475 e. The maximum Gasteiger partial charge on any atom is 0.490 e. The predicted molar refractivity (Wildman–Crippen MR) is 111 cm³/mol. The van der Waals surface area contributed by atoms with Crippen molar-refractivity contribution in [3.63, 3.8) is 0 Å². The van der Waals surface area contributed by atoms with Gasteiger partial charge >= 0.3 is 12.1 Å². The van der Waals surface area contributed by atoms with Gasteiger partial charge in [0.1, 0.15) is 11.5 Å². The Hall–Kier alpha value is -3.66. The molecule has 0 saturated carbocycles. The highest BCUT2D eigenvalue weighted by Crippen LogP contribution is 2.20. The molecule has 0 atom stereocenters. The molecule has 2 N–H and O–H groups in total. The Labute approximate surface area is 180 Å². The molecule has 2 aromatic carbocycles. The summed E-state index contributed by atoms with van der Waals surface area (Å²) in [7, 11) is 2.08. The van der Waals surface area contributed by atoms with Crippen molar-refractivity contribution in [2.24, 2.45) is 0 Å². The van der Waals surface area contributed by atoms with Gasteiger partial charge in [-0.1, -0.05) is 24.3 Å². The predicted octanol–water partition coefficient (Wildman–Crippen LogP) is 4.76. The van der Waals surface area contributed by atoms with Crippen molar-refractivity contribution in [3.05, 3.63) is 84.1 Å². The van der Waals surface area contributed by atoms with E-state index in [2.05, 4.69) is 46.3 Å². The number of nitrogens with one attached hydrogen (secondary N) is 1. The molecule has 0 saturated heterocycles. The van der Waals surface area contributed by atoms with E-state index < -0.39 is 12.1 Å². The summed E-state index contributed by atoms with van der Waals surface area (Å²) in [5.74, 6) is -3.03. The minimum absolute atomic E-state index is 0.273. The molecule has 4 aromatic rings. The largest absolute Gasteiger partial charge is 0.490 e. The summed E-state index contributed by atoms with van der Waals surface area (Å²) in [6.07, 6.45) is 0.554. The number of carboxylic acids is 1. The van der Waals surface area contributed by atoms with E-state index in [0.717, 1.165) is 24.2 Å². The van der Waals surface area contributed by atoms with Crippen LogP contribution < -0.4 is 0 Å². The third kappa shape index (κ3) is 5.73. The van der Waals surface area contributed by atoms with Crippen LogP contribution >= 0.6 is 0 Å². The number of benzene rings is 2. The van der Waals surface area contributed by atoms with Gasteiger partial charge in [0.2, 0.25) is 0 Å². The van der Waals surface area contributed by atoms with E-state index in [9.17, 15) is 17.6 Å². The SMILES string of the molecule is CN(Cc1cnn(-c2ccccc2F)c1)Cc1cccc2[nH]ccc12.O=C(O)C(F)(F)F. The van der Waals surface area contributed by atoms with Gasteiger partial charge < -0.3 is 10.1 Å². The molecule has 0 aliphatic carbocycles. The monoisotopic (exact) mass is 448 g/mol. The van der Waals surface area contributed by atoms with Crippen molar-refractivity contribution in [1.29, 1.82) is 0 Å². The summed E-state index contributed by atoms with van der Waals surface area (Å²) in [4.78, 5) is 14.4. The van der Waals surface area contributed by atoms with Crippen molar-refractivity contribution in [3.8, 4) is 5.69 Å². The first-order valence-corrected chi connectivity index (χ1v) is 9.47. The Balaban J connectivity index is 0.000000360. The highest BCUT2D eigenvalue weighted by molar-refractivity contribution is 5.82. The average Bonchev–Trinajstić information content (AvgIpc) is 3.38. The zero-order chi connectivity index (χ0) is 23.3. The van der Waals surface area contributed by atoms with Crippen LogP contribution in [-0.4, -0.2) is 44.0 Å². The Bertz CT molecular complexity index is 1200. The second kappa shape index (κ2) is 9.65. The number of carboxylic acid groups (broad SMARTS) is 1. The lowest BCUT2D eigenvalue weighted by atomic mass is 10.1. The van der Waals surface area contributed by atoms with Crippen LogP contribution in [0.1, 0.15) is 11.1 Å². The van der Waals surface area contributed by atoms with Gasteiger partial charge in [0.15, 0.2) is 0 Å². The Morgan fingerprint density at radius 1 is 1.12 bits per heavy atom. The first-order chi connectivity index (χ1) is 15.1. The quantitative estimate of drug-likeness (QED) is 0.432. The maximum absolute atomic E-state index is 13.9. The molecule has 10 heteroatoms. The molecule has 2 aromatic heterocycles. The lowest BCUT2D eigenvalue weighted by Crippen LogP contribution is -2.21. The highest BCUT2D eigenvalue weighted by atomic mass is 19.4. The lowest BCUT2D eigenvalue weighted by molar-refractivity contribution is -0.192. The van der Waals surface area contributed by atoms with Gasteiger partial charge in [0.05, 0.1) is 6.20 Å². The molecule has 2 heterocycles. The van der Waals surface area contributed by atoms with Crippen LogP contribution in [0.4, 0.5) is 17.6 Å². The number of hydrogen-bond donors (Lipinski definition) is 2. The van der Waals surface area contributed by atoms with Crippen molar-refractivity contribution in [2.45, 2.75) is 19.3 Å². The number of rotatable bonds is 5. The van der Waals surface area contributed by atoms with E-state index in [-0.39, 0.29) is 5.82 Å². The fourth-order valence-corrected chi connectivity index (χ4v) is 3.16. The van der Waals surface area contributed by atoms with Crippen molar-refractivity contribution in [2.75, 3.05) is 7.05 Å². The Morgan fingerprint density at radius 3 is 2.53 bits per heavy atom. The van der Waals surface area contributed by atoms with Gasteiger partial charge in [0, 0.05) is 41.9 Å². The molecule has 0 spiro atoms. The number of H-pyrrole nitrogens is 1. The van der Waals surface area contributed by atoms with E-state index >= 15 is 0 Å². The lowest BCUT2D eigenvalue weighted by Gasteiger charge is -2.16. The van der Waals surface area contributed by atoms with Gasteiger partial charge in [-0.25, -0.2) is 13.9 Å². The van der Waals surface area contributed by atoms with Crippen LogP contribution in [0.2, 0.25) is 0 Å². The summed E-state index contributed by atoms with van der Waals surface area (Å²) in [5, 5.41) is 12.7. The summed E-state index contributed by atoms with van der Waals surface area (Å²) >= 11 is 0. The molecule has 0 amide bonds. The van der Waals surface area contributed by atoms with Crippen molar-refractivity contribution in [1.82, 2.24) is 19.7 Å². The van der Waals surface area contributed by atoms with E-state index in [1.807, 2.05) is 18.5 Å². The van der Waals surface area contributed by atoms with E-state index in [4.69, 9.17) is 9.90 Å². The average molecular weight is 448 g/mol.